The highest BCUT2D eigenvalue weighted by Gasteiger charge is 2.28. The average molecular weight is 313 g/mol. The summed E-state index contributed by atoms with van der Waals surface area (Å²) in [6.07, 6.45) is 1.18. The average Bonchev–Trinajstić information content (AvgIpc) is 2.47. The molecule has 0 bridgehead atoms. The first kappa shape index (κ1) is 15.7. The maximum Gasteiger partial charge on any atom is 0.270 e. The van der Waals surface area contributed by atoms with E-state index in [1.165, 1.54) is 18.2 Å². The van der Waals surface area contributed by atoms with Crippen LogP contribution < -0.4 is 0 Å². The number of hydrogen-bond acceptors (Lipinski definition) is 4. The molecule has 1 aliphatic heterocycles. The molecule has 2 atom stereocenters. The number of hydrogen-bond donors (Lipinski definition) is 1. The fourth-order valence-corrected chi connectivity index (χ4v) is 2.75. The maximum atomic E-state index is 12.5. The van der Waals surface area contributed by atoms with Gasteiger partial charge in [-0.1, -0.05) is 11.6 Å². The minimum absolute atomic E-state index is 0.0279. The Labute approximate surface area is 127 Å². The van der Waals surface area contributed by atoms with Gasteiger partial charge in [0, 0.05) is 31.1 Å². The number of nitrogens with zero attached hydrogens (tertiary/aromatic N) is 2. The Morgan fingerprint density at radius 1 is 1.57 bits per heavy atom. The van der Waals surface area contributed by atoms with E-state index in [2.05, 4.69) is 0 Å². The summed E-state index contributed by atoms with van der Waals surface area (Å²) >= 11 is 5.99. The van der Waals surface area contributed by atoms with E-state index in [1.54, 1.807) is 11.8 Å². The molecule has 7 heteroatoms. The molecule has 0 spiro atoms. The molecule has 1 aromatic rings. The molecule has 1 aromatic carbocycles. The van der Waals surface area contributed by atoms with Gasteiger partial charge in [-0.25, -0.2) is 0 Å². The van der Waals surface area contributed by atoms with E-state index in [9.17, 15) is 20.0 Å². The van der Waals surface area contributed by atoms with Gasteiger partial charge in [-0.2, -0.15) is 0 Å². The molecule has 1 aliphatic rings. The van der Waals surface area contributed by atoms with Gasteiger partial charge in [0.05, 0.1) is 21.6 Å². The number of rotatable bonds is 3. The summed E-state index contributed by atoms with van der Waals surface area (Å²) in [6, 6.07) is 3.84. The number of non-ortho nitro benzene ring substituents is 1. The number of aliphatic hydroxyl groups is 1. The zero-order valence-corrected chi connectivity index (χ0v) is 12.4. The number of benzene rings is 1. The van der Waals surface area contributed by atoms with Gasteiger partial charge in [-0.05, 0) is 25.8 Å². The van der Waals surface area contributed by atoms with Gasteiger partial charge in [0.2, 0.25) is 0 Å². The molecule has 1 N–H and O–H groups in total. The highest BCUT2D eigenvalue weighted by atomic mass is 35.5. The lowest BCUT2D eigenvalue weighted by atomic mass is 9.93. The molecule has 0 aliphatic carbocycles. The normalized spacial score (nSPS) is 20.1. The molecule has 1 heterocycles. The molecule has 1 fully saturated rings. The molecule has 2 rings (SSSR count). The number of aliphatic hydroxyl groups excluding tert-OH is 1. The van der Waals surface area contributed by atoms with Gasteiger partial charge in [0.25, 0.3) is 11.6 Å². The van der Waals surface area contributed by atoms with Crippen LogP contribution in [0, 0.1) is 16.0 Å². The van der Waals surface area contributed by atoms with Gasteiger partial charge >= 0.3 is 0 Å². The summed E-state index contributed by atoms with van der Waals surface area (Å²) in [7, 11) is 0. The van der Waals surface area contributed by atoms with Gasteiger partial charge in [0.15, 0.2) is 0 Å². The van der Waals surface area contributed by atoms with Crippen LogP contribution in [0.5, 0.6) is 0 Å². The molecule has 21 heavy (non-hydrogen) atoms. The summed E-state index contributed by atoms with van der Waals surface area (Å²) in [4.78, 5) is 24.4. The van der Waals surface area contributed by atoms with Crippen LogP contribution in [0.2, 0.25) is 5.02 Å². The van der Waals surface area contributed by atoms with E-state index in [0.717, 1.165) is 12.8 Å². The van der Waals surface area contributed by atoms with Crippen molar-refractivity contribution in [2.24, 2.45) is 5.92 Å². The number of carbonyl (C=O) groups is 1. The summed E-state index contributed by atoms with van der Waals surface area (Å²) < 4.78 is 0. The second-order valence-corrected chi connectivity index (χ2v) is 5.72. The smallest absolute Gasteiger partial charge is 0.270 e. The minimum atomic E-state index is -0.554. The monoisotopic (exact) mass is 312 g/mol. The Morgan fingerprint density at radius 2 is 2.29 bits per heavy atom. The molecular formula is C14H17ClN2O4. The van der Waals surface area contributed by atoms with E-state index in [-0.39, 0.29) is 28.1 Å². The number of amides is 1. The summed E-state index contributed by atoms with van der Waals surface area (Å²) in [5.41, 5.74) is -0.0241. The van der Waals surface area contributed by atoms with Crippen molar-refractivity contribution in [1.82, 2.24) is 4.90 Å². The Balaban J connectivity index is 2.23. The summed E-state index contributed by atoms with van der Waals surface area (Å²) in [5.74, 6) is -0.297. The van der Waals surface area contributed by atoms with Crippen molar-refractivity contribution in [1.29, 1.82) is 0 Å². The Kier molecular flexibility index (Phi) is 4.80. The SMILES string of the molecule is CC(O)C1CCCN(C(=O)c2cc([N+](=O)[O-])ccc2Cl)C1. The predicted molar refractivity (Wildman–Crippen MR) is 78.4 cm³/mol. The highest BCUT2D eigenvalue weighted by Crippen LogP contribution is 2.26. The largest absolute Gasteiger partial charge is 0.393 e. The number of halogens is 1. The molecule has 0 saturated carbocycles. The zero-order valence-electron chi connectivity index (χ0n) is 11.7. The second-order valence-electron chi connectivity index (χ2n) is 5.32. The molecule has 6 nitrogen and oxygen atoms in total. The van der Waals surface area contributed by atoms with Gasteiger partial charge in [-0.15, -0.1) is 0 Å². The fourth-order valence-electron chi connectivity index (χ4n) is 2.55. The third-order valence-corrected chi connectivity index (χ3v) is 4.15. The Morgan fingerprint density at radius 3 is 2.90 bits per heavy atom. The zero-order chi connectivity index (χ0) is 15.6. The number of carbonyl (C=O) groups excluding carboxylic acids is 1. The van der Waals surface area contributed by atoms with Crippen molar-refractivity contribution in [3.63, 3.8) is 0 Å². The molecule has 0 radical (unpaired) electrons. The van der Waals surface area contributed by atoms with Crippen LogP contribution in [0.4, 0.5) is 5.69 Å². The number of nitro benzene ring substituents is 1. The van der Waals surface area contributed by atoms with Crippen LogP contribution in [-0.4, -0.2) is 40.0 Å². The summed E-state index contributed by atoms with van der Waals surface area (Å²) in [5, 5.41) is 20.7. The van der Waals surface area contributed by atoms with Crippen molar-refractivity contribution in [3.8, 4) is 0 Å². The van der Waals surface area contributed by atoms with Crippen LogP contribution in [0.1, 0.15) is 30.1 Å². The molecule has 1 saturated heterocycles. The van der Waals surface area contributed by atoms with Crippen molar-refractivity contribution < 1.29 is 14.8 Å². The molecular weight excluding hydrogens is 296 g/mol. The summed E-state index contributed by atoms with van der Waals surface area (Å²) in [6.45, 7) is 2.72. The lowest BCUT2D eigenvalue weighted by molar-refractivity contribution is -0.384. The van der Waals surface area contributed by atoms with Crippen molar-refractivity contribution in [2.45, 2.75) is 25.9 Å². The Hall–Kier alpha value is -1.66. The Bertz CT molecular complexity index is 562. The quantitative estimate of drug-likeness (QED) is 0.686. The number of piperidine rings is 1. The predicted octanol–water partition coefficient (Wildman–Crippen LogP) is 2.48. The van der Waals surface area contributed by atoms with Crippen molar-refractivity contribution in [3.05, 3.63) is 38.9 Å². The highest BCUT2D eigenvalue weighted by molar-refractivity contribution is 6.33. The van der Waals surface area contributed by atoms with E-state index < -0.39 is 11.0 Å². The third-order valence-electron chi connectivity index (χ3n) is 3.82. The van der Waals surface area contributed by atoms with Crippen LogP contribution in [0.25, 0.3) is 0 Å². The van der Waals surface area contributed by atoms with E-state index >= 15 is 0 Å². The van der Waals surface area contributed by atoms with Gasteiger partial charge in [-0.3, -0.25) is 14.9 Å². The first-order valence-electron chi connectivity index (χ1n) is 6.81. The van der Waals surface area contributed by atoms with Gasteiger partial charge < -0.3 is 10.0 Å². The van der Waals surface area contributed by atoms with Gasteiger partial charge in [0.1, 0.15) is 0 Å². The molecule has 114 valence electrons. The standard InChI is InChI=1S/C14H17ClN2O4/c1-9(18)10-3-2-6-16(8-10)14(19)12-7-11(17(20)21)4-5-13(12)15/h4-5,7,9-10,18H,2-3,6,8H2,1H3. The lowest BCUT2D eigenvalue weighted by Gasteiger charge is -2.34. The topological polar surface area (TPSA) is 83.7 Å². The van der Waals surface area contributed by atoms with Crippen LogP contribution in [-0.2, 0) is 0 Å². The van der Waals surface area contributed by atoms with Crippen LogP contribution >= 0.6 is 11.6 Å². The van der Waals surface area contributed by atoms with E-state index in [4.69, 9.17) is 11.6 Å². The molecule has 2 unspecified atom stereocenters. The fraction of sp³-hybridized carbons (Fsp3) is 0.500. The van der Waals surface area contributed by atoms with Crippen LogP contribution in [0.15, 0.2) is 18.2 Å². The minimum Gasteiger partial charge on any atom is -0.393 e. The first-order chi connectivity index (χ1) is 9.90. The van der Waals surface area contributed by atoms with Crippen molar-refractivity contribution >= 4 is 23.2 Å². The van der Waals surface area contributed by atoms with Crippen LogP contribution in [0.3, 0.4) is 0 Å². The van der Waals surface area contributed by atoms with E-state index in [1.807, 2.05) is 0 Å². The van der Waals surface area contributed by atoms with E-state index in [0.29, 0.717) is 13.1 Å². The molecule has 0 aromatic heterocycles. The van der Waals surface area contributed by atoms with Crippen molar-refractivity contribution in [2.75, 3.05) is 13.1 Å². The lowest BCUT2D eigenvalue weighted by Crippen LogP contribution is -2.43. The maximum absolute atomic E-state index is 12.5. The number of likely N-dealkylation sites (tertiary alicyclic amines) is 1. The third kappa shape index (κ3) is 3.51. The second kappa shape index (κ2) is 6.41. The molecule has 1 amide bonds. The number of nitro groups is 1. The first-order valence-corrected chi connectivity index (χ1v) is 7.19.